The van der Waals surface area contributed by atoms with Crippen LogP contribution < -0.4 is 4.90 Å². The van der Waals surface area contributed by atoms with Crippen LogP contribution in [0.2, 0.25) is 0 Å². The molecule has 1 atom stereocenters. The highest BCUT2D eigenvalue weighted by atomic mass is 35.5. The Hall–Kier alpha value is -1.29. The summed E-state index contributed by atoms with van der Waals surface area (Å²) in [6.45, 7) is 0.430. The van der Waals surface area contributed by atoms with Gasteiger partial charge in [0.25, 0.3) is 0 Å². The number of carbonyl (C=O) groups is 1. The van der Waals surface area contributed by atoms with Crippen molar-refractivity contribution < 1.29 is 14.3 Å². The van der Waals surface area contributed by atoms with Gasteiger partial charge >= 0.3 is 0 Å². The molecular formula is C11H11ClFNO2. The molecule has 5 heteroatoms. The number of phenolic OH excluding ortho intramolecular Hbond substituents is 1. The first-order chi connectivity index (χ1) is 7.61. The van der Waals surface area contributed by atoms with E-state index in [9.17, 15) is 14.3 Å². The maximum Gasteiger partial charge on any atom is 0.227 e. The molecule has 1 aromatic carbocycles. The van der Waals surface area contributed by atoms with E-state index in [-0.39, 0.29) is 23.3 Å². The van der Waals surface area contributed by atoms with Gasteiger partial charge in [-0.3, -0.25) is 4.79 Å². The zero-order valence-electron chi connectivity index (χ0n) is 8.49. The van der Waals surface area contributed by atoms with Gasteiger partial charge in [0.15, 0.2) is 0 Å². The van der Waals surface area contributed by atoms with Crippen molar-refractivity contribution in [3.8, 4) is 5.75 Å². The van der Waals surface area contributed by atoms with Crippen molar-refractivity contribution in [1.82, 2.24) is 0 Å². The van der Waals surface area contributed by atoms with Crippen LogP contribution in [-0.2, 0) is 4.79 Å². The minimum absolute atomic E-state index is 0.0665. The van der Waals surface area contributed by atoms with E-state index in [1.807, 2.05) is 0 Å². The number of carbonyl (C=O) groups excluding carboxylic acids is 1. The minimum Gasteiger partial charge on any atom is -0.506 e. The van der Waals surface area contributed by atoms with Crippen molar-refractivity contribution >= 4 is 23.2 Å². The lowest BCUT2D eigenvalue weighted by molar-refractivity contribution is -0.117. The summed E-state index contributed by atoms with van der Waals surface area (Å²) in [5, 5.41) is 9.58. The van der Waals surface area contributed by atoms with Gasteiger partial charge in [-0.15, -0.1) is 11.6 Å². The Labute approximate surface area is 97.4 Å². The lowest BCUT2D eigenvalue weighted by Crippen LogP contribution is -2.24. The van der Waals surface area contributed by atoms with Crippen LogP contribution in [0.15, 0.2) is 18.2 Å². The van der Waals surface area contributed by atoms with E-state index in [1.165, 1.54) is 11.0 Å². The van der Waals surface area contributed by atoms with Gasteiger partial charge in [0.05, 0.1) is 5.69 Å². The average Bonchev–Trinajstić information content (AvgIpc) is 2.63. The maximum absolute atomic E-state index is 13.0. The third-order valence-electron chi connectivity index (χ3n) is 2.65. The summed E-state index contributed by atoms with van der Waals surface area (Å²) >= 11 is 5.68. The summed E-state index contributed by atoms with van der Waals surface area (Å²) in [5.74, 6) is -0.249. The van der Waals surface area contributed by atoms with Crippen LogP contribution in [0.4, 0.5) is 10.1 Å². The summed E-state index contributed by atoms with van der Waals surface area (Å²) in [5.41, 5.74) is 0.220. The van der Waals surface area contributed by atoms with E-state index >= 15 is 0 Å². The number of nitrogens with zero attached hydrogens (tertiary/aromatic N) is 1. The number of benzene rings is 1. The van der Waals surface area contributed by atoms with E-state index in [2.05, 4.69) is 0 Å². The summed E-state index contributed by atoms with van der Waals surface area (Å²) in [6, 6.07) is 3.55. The molecule has 1 amide bonds. The van der Waals surface area contributed by atoms with Crippen molar-refractivity contribution in [1.29, 1.82) is 0 Å². The second-order valence-electron chi connectivity index (χ2n) is 3.86. The smallest absolute Gasteiger partial charge is 0.227 e. The van der Waals surface area contributed by atoms with Gasteiger partial charge in [0.1, 0.15) is 11.6 Å². The molecule has 3 nitrogen and oxygen atoms in total. The molecular weight excluding hydrogens is 233 g/mol. The van der Waals surface area contributed by atoms with Crippen molar-refractivity contribution in [3.63, 3.8) is 0 Å². The lowest BCUT2D eigenvalue weighted by Gasteiger charge is -2.17. The first-order valence-corrected chi connectivity index (χ1v) is 5.50. The van der Waals surface area contributed by atoms with Crippen LogP contribution in [0.1, 0.15) is 6.42 Å². The van der Waals surface area contributed by atoms with Gasteiger partial charge in [0.2, 0.25) is 5.91 Å². The molecule has 1 aliphatic heterocycles. The Bertz CT molecular complexity index is 424. The number of rotatable bonds is 2. The van der Waals surface area contributed by atoms with Crippen LogP contribution in [0.3, 0.4) is 0 Å². The van der Waals surface area contributed by atoms with Crippen molar-refractivity contribution in [2.45, 2.75) is 6.42 Å². The number of amides is 1. The number of anilines is 1. The number of alkyl halides is 1. The summed E-state index contributed by atoms with van der Waals surface area (Å²) in [7, 11) is 0. The predicted molar refractivity (Wildman–Crippen MR) is 59.2 cm³/mol. The molecule has 1 fully saturated rings. The largest absolute Gasteiger partial charge is 0.506 e. The Kier molecular flexibility index (Phi) is 3.01. The summed E-state index contributed by atoms with van der Waals surface area (Å²) < 4.78 is 13.0. The monoisotopic (exact) mass is 243 g/mol. The van der Waals surface area contributed by atoms with E-state index < -0.39 is 5.82 Å². The first-order valence-electron chi connectivity index (χ1n) is 4.96. The Morgan fingerprint density at radius 3 is 2.94 bits per heavy atom. The molecule has 1 N–H and O–H groups in total. The van der Waals surface area contributed by atoms with Crippen LogP contribution >= 0.6 is 11.6 Å². The molecule has 1 aliphatic rings. The number of halogens is 2. The Morgan fingerprint density at radius 1 is 1.56 bits per heavy atom. The number of hydrogen-bond acceptors (Lipinski definition) is 2. The first kappa shape index (κ1) is 11.2. The van der Waals surface area contributed by atoms with Crippen molar-refractivity contribution in [3.05, 3.63) is 24.0 Å². The van der Waals surface area contributed by atoms with E-state index in [4.69, 9.17) is 11.6 Å². The maximum atomic E-state index is 13.0. The van der Waals surface area contributed by atoms with Gasteiger partial charge in [-0.25, -0.2) is 4.39 Å². The molecule has 16 heavy (non-hydrogen) atoms. The van der Waals surface area contributed by atoms with Crippen LogP contribution in [-0.4, -0.2) is 23.4 Å². The van der Waals surface area contributed by atoms with Crippen LogP contribution in [0.25, 0.3) is 0 Å². The molecule has 86 valence electrons. The SMILES string of the molecule is O=C1CC(CCl)CN1c1cc(F)ccc1O. The normalized spacial score (nSPS) is 20.5. The lowest BCUT2D eigenvalue weighted by atomic mass is 10.1. The molecule has 1 aromatic rings. The van der Waals surface area contributed by atoms with Gasteiger partial charge in [0, 0.05) is 24.9 Å². The average molecular weight is 244 g/mol. The van der Waals surface area contributed by atoms with Crippen LogP contribution in [0, 0.1) is 11.7 Å². The standard InChI is InChI=1S/C11H11ClFNO2/c12-5-7-3-11(16)14(6-7)9-4-8(13)1-2-10(9)15/h1-2,4,7,15H,3,5-6H2. The molecule has 0 radical (unpaired) electrons. The van der Waals surface area contributed by atoms with E-state index in [0.29, 0.717) is 18.8 Å². The third-order valence-corrected chi connectivity index (χ3v) is 3.09. The van der Waals surface area contributed by atoms with Crippen molar-refractivity contribution in [2.24, 2.45) is 5.92 Å². The summed E-state index contributed by atoms with van der Waals surface area (Å²) in [6.07, 6.45) is 0.347. The minimum atomic E-state index is -0.477. The second kappa shape index (κ2) is 4.29. The van der Waals surface area contributed by atoms with Crippen LogP contribution in [0.5, 0.6) is 5.75 Å². The van der Waals surface area contributed by atoms with E-state index in [0.717, 1.165) is 12.1 Å². The molecule has 1 unspecified atom stereocenters. The van der Waals surface area contributed by atoms with E-state index in [1.54, 1.807) is 0 Å². The second-order valence-corrected chi connectivity index (χ2v) is 4.17. The summed E-state index contributed by atoms with van der Waals surface area (Å²) in [4.78, 5) is 13.0. The Balaban J connectivity index is 2.30. The fourth-order valence-electron chi connectivity index (χ4n) is 1.83. The van der Waals surface area contributed by atoms with Gasteiger partial charge in [-0.1, -0.05) is 0 Å². The van der Waals surface area contributed by atoms with Gasteiger partial charge in [-0.2, -0.15) is 0 Å². The fraction of sp³-hybridized carbons (Fsp3) is 0.364. The van der Waals surface area contributed by atoms with Crippen molar-refractivity contribution in [2.75, 3.05) is 17.3 Å². The zero-order chi connectivity index (χ0) is 11.7. The molecule has 2 rings (SSSR count). The number of hydrogen-bond donors (Lipinski definition) is 1. The molecule has 0 bridgehead atoms. The fourth-order valence-corrected chi connectivity index (χ4v) is 2.04. The molecule has 0 aromatic heterocycles. The zero-order valence-corrected chi connectivity index (χ0v) is 9.25. The van der Waals surface area contributed by atoms with Gasteiger partial charge in [-0.05, 0) is 18.1 Å². The number of phenols is 1. The molecule has 0 saturated carbocycles. The number of aromatic hydroxyl groups is 1. The highest BCUT2D eigenvalue weighted by Gasteiger charge is 2.31. The highest BCUT2D eigenvalue weighted by molar-refractivity contribution is 6.18. The highest BCUT2D eigenvalue weighted by Crippen LogP contribution is 2.33. The quantitative estimate of drug-likeness (QED) is 0.809. The predicted octanol–water partition coefficient (Wildman–Crippen LogP) is 2.12. The molecule has 1 saturated heterocycles. The topological polar surface area (TPSA) is 40.5 Å². The molecule has 1 heterocycles. The third kappa shape index (κ3) is 1.97. The Morgan fingerprint density at radius 2 is 2.31 bits per heavy atom. The van der Waals surface area contributed by atoms with Gasteiger partial charge < -0.3 is 10.0 Å². The molecule has 0 aliphatic carbocycles. The molecule has 0 spiro atoms.